The molecule has 0 amide bonds. The standard InChI is InChI=1S/C10H20N2O/c11-9-2-1-6-12(7-3-9)8-10(13)4-5-10/h9,13H,1-8,11H2. The lowest BCUT2D eigenvalue weighted by Crippen LogP contribution is -2.35. The van der Waals surface area contributed by atoms with Crippen LogP contribution in [0.2, 0.25) is 0 Å². The molecule has 2 rings (SSSR count). The van der Waals surface area contributed by atoms with Gasteiger partial charge < -0.3 is 15.7 Å². The highest BCUT2D eigenvalue weighted by Gasteiger charge is 2.41. The van der Waals surface area contributed by atoms with E-state index in [1.54, 1.807) is 0 Å². The third-order valence-electron chi connectivity index (χ3n) is 3.21. The molecule has 2 fully saturated rings. The van der Waals surface area contributed by atoms with Crippen molar-refractivity contribution in [2.45, 2.75) is 43.7 Å². The van der Waals surface area contributed by atoms with Crippen LogP contribution >= 0.6 is 0 Å². The van der Waals surface area contributed by atoms with Gasteiger partial charge in [0.05, 0.1) is 5.60 Å². The Balaban J connectivity index is 1.78. The Morgan fingerprint density at radius 1 is 1.31 bits per heavy atom. The molecule has 3 N–H and O–H groups in total. The van der Waals surface area contributed by atoms with E-state index >= 15 is 0 Å². The third kappa shape index (κ3) is 2.66. The maximum Gasteiger partial charge on any atom is 0.0776 e. The molecule has 1 saturated heterocycles. The summed E-state index contributed by atoms with van der Waals surface area (Å²) in [5.74, 6) is 0. The second-order valence-electron chi connectivity index (χ2n) is 4.69. The van der Waals surface area contributed by atoms with Crippen LogP contribution < -0.4 is 5.73 Å². The van der Waals surface area contributed by atoms with Crippen molar-refractivity contribution in [1.82, 2.24) is 4.90 Å². The van der Waals surface area contributed by atoms with E-state index in [0.717, 1.165) is 45.3 Å². The molecular formula is C10H20N2O. The first-order valence-electron chi connectivity index (χ1n) is 5.38. The fraction of sp³-hybridized carbons (Fsp3) is 1.00. The first-order valence-corrected chi connectivity index (χ1v) is 5.38. The second-order valence-corrected chi connectivity index (χ2v) is 4.69. The van der Waals surface area contributed by atoms with E-state index in [2.05, 4.69) is 4.90 Å². The largest absolute Gasteiger partial charge is 0.389 e. The lowest BCUT2D eigenvalue weighted by atomic mass is 10.1. The number of aliphatic hydroxyl groups is 1. The zero-order valence-electron chi connectivity index (χ0n) is 8.21. The smallest absolute Gasteiger partial charge is 0.0776 e. The van der Waals surface area contributed by atoms with Gasteiger partial charge in [-0.05, 0) is 45.2 Å². The minimum absolute atomic E-state index is 0.325. The maximum atomic E-state index is 9.77. The van der Waals surface area contributed by atoms with Crippen LogP contribution in [0, 0.1) is 0 Å². The van der Waals surface area contributed by atoms with Crippen LogP contribution in [0.15, 0.2) is 0 Å². The molecule has 1 heterocycles. The molecule has 3 nitrogen and oxygen atoms in total. The predicted molar refractivity (Wildman–Crippen MR) is 52.5 cm³/mol. The van der Waals surface area contributed by atoms with Crippen LogP contribution in [-0.2, 0) is 0 Å². The van der Waals surface area contributed by atoms with Gasteiger partial charge in [0.1, 0.15) is 0 Å². The van der Waals surface area contributed by atoms with Gasteiger partial charge in [-0.2, -0.15) is 0 Å². The van der Waals surface area contributed by atoms with Crippen LogP contribution in [0.25, 0.3) is 0 Å². The van der Waals surface area contributed by atoms with Crippen LogP contribution in [0.4, 0.5) is 0 Å². The van der Waals surface area contributed by atoms with Gasteiger partial charge in [0.2, 0.25) is 0 Å². The van der Waals surface area contributed by atoms with E-state index in [-0.39, 0.29) is 5.60 Å². The molecule has 1 atom stereocenters. The summed E-state index contributed by atoms with van der Waals surface area (Å²) in [6.45, 7) is 3.07. The highest BCUT2D eigenvalue weighted by Crippen LogP contribution is 2.36. The van der Waals surface area contributed by atoms with E-state index in [1.165, 1.54) is 6.42 Å². The number of hydrogen-bond acceptors (Lipinski definition) is 3. The summed E-state index contributed by atoms with van der Waals surface area (Å²) in [6, 6.07) is 0.388. The summed E-state index contributed by atoms with van der Waals surface area (Å²) in [5.41, 5.74) is 5.56. The van der Waals surface area contributed by atoms with Crippen LogP contribution in [-0.4, -0.2) is 41.3 Å². The average Bonchev–Trinajstić information content (AvgIpc) is 2.81. The molecular weight excluding hydrogens is 164 g/mol. The molecule has 1 aliphatic heterocycles. The molecule has 1 aliphatic carbocycles. The second kappa shape index (κ2) is 3.56. The predicted octanol–water partition coefficient (Wildman–Crippen LogP) is 0.324. The van der Waals surface area contributed by atoms with Crippen LogP contribution in [0.1, 0.15) is 32.1 Å². The number of rotatable bonds is 2. The van der Waals surface area contributed by atoms with Gasteiger partial charge >= 0.3 is 0 Å². The SMILES string of the molecule is NC1CCCN(CC2(O)CC2)CC1. The quantitative estimate of drug-likeness (QED) is 0.650. The van der Waals surface area contributed by atoms with Gasteiger partial charge in [0, 0.05) is 12.6 Å². The van der Waals surface area contributed by atoms with Gasteiger partial charge in [-0.15, -0.1) is 0 Å². The van der Waals surface area contributed by atoms with Gasteiger partial charge in [-0.1, -0.05) is 0 Å². The molecule has 0 bridgehead atoms. The molecule has 0 aromatic rings. The maximum absolute atomic E-state index is 9.77. The summed E-state index contributed by atoms with van der Waals surface area (Å²) < 4.78 is 0. The number of hydrogen-bond donors (Lipinski definition) is 2. The van der Waals surface area contributed by atoms with Crippen LogP contribution in [0.5, 0.6) is 0 Å². The Labute approximate surface area is 79.9 Å². The lowest BCUT2D eigenvalue weighted by molar-refractivity contribution is 0.0933. The van der Waals surface area contributed by atoms with Crippen molar-refractivity contribution in [3.8, 4) is 0 Å². The van der Waals surface area contributed by atoms with Crippen molar-refractivity contribution in [2.24, 2.45) is 5.73 Å². The van der Waals surface area contributed by atoms with Crippen molar-refractivity contribution in [2.75, 3.05) is 19.6 Å². The van der Waals surface area contributed by atoms with Gasteiger partial charge in [0.15, 0.2) is 0 Å². The van der Waals surface area contributed by atoms with Crippen molar-refractivity contribution < 1.29 is 5.11 Å². The molecule has 1 saturated carbocycles. The number of β-amino-alcohol motifs (C(OH)–C–C–N with tert-alkyl or cyclic N) is 1. The zero-order valence-corrected chi connectivity index (χ0v) is 8.21. The molecule has 3 heteroatoms. The van der Waals surface area contributed by atoms with Crippen molar-refractivity contribution >= 4 is 0 Å². The summed E-state index contributed by atoms with van der Waals surface area (Å²) in [4.78, 5) is 2.37. The minimum Gasteiger partial charge on any atom is -0.389 e. The Kier molecular flexibility index (Phi) is 2.58. The molecule has 0 spiro atoms. The molecule has 0 aromatic heterocycles. The monoisotopic (exact) mass is 184 g/mol. The molecule has 76 valence electrons. The van der Waals surface area contributed by atoms with Crippen molar-refractivity contribution in [3.63, 3.8) is 0 Å². The van der Waals surface area contributed by atoms with E-state index in [1.807, 2.05) is 0 Å². The van der Waals surface area contributed by atoms with E-state index in [0.29, 0.717) is 6.04 Å². The fourth-order valence-corrected chi connectivity index (χ4v) is 2.06. The Bertz CT molecular complexity index is 180. The van der Waals surface area contributed by atoms with E-state index < -0.39 is 0 Å². The lowest BCUT2D eigenvalue weighted by Gasteiger charge is -2.22. The van der Waals surface area contributed by atoms with E-state index in [4.69, 9.17) is 5.73 Å². The summed E-state index contributed by atoms with van der Waals surface area (Å²) in [5, 5.41) is 9.77. The summed E-state index contributed by atoms with van der Waals surface area (Å²) in [7, 11) is 0. The zero-order chi connectivity index (χ0) is 9.31. The number of likely N-dealkylation sites (tertiary alicyclic amines) is 1. The molecule has 2 aliphatic rings. The Morgan fingerprint density at radius 3 is 2.77 bits per heavy atom. The Morgan fingerprint density at radius 2 is 2.08 bits per heavy atom. The molecule has 0 aromatic carbocycles. The molecule has 13 heavy (non-hydrogen) atoms. The van der Waals surface area contributed by atoms with Crippen LogP contribution in [0.3, 0.4) is 0 Å². The molecule has 1 unspecified atom stereocenters. The Hall–Kier alpha value is -0.120. The first kappa shape index (κ1) is 9.44. The number of nitrogens with two attached hydrogens (primary N) is 1. The normalized spacial score (nSPS) is 34.2. The highest BCUT2D eigenvalue weighted by molar-refractivity contribution is 4.96. The number of nitrogens with zero attached hydrogens (tertiary/aromatic N) is 1. The van der Waals surface area contributed by atoms with Crippen molar-refractivity contribution in [3.05, 3.63) is 0 Å². The topological polar surface area (TPSA) is 49.5 Å². The minimum atomic E-state index is -0.325. The summed E-state index contributed by atoms with van der Waals surface area (Å²) in [6.07, 6.45) is 5.42. The van der Waals surface area contributed by atoms with E-state index in [9.17, 15) is 5.11 Å². The van der Waals surface area contributed by atoms with Gasteiger partial charge in [-0.25, -0.2) is 0 Å². The van der Waals surface area contributed by atoms with Gasteiger partial charge in [-0.3, -0.25) is 0 Å². The van der Waals surface area contributed by atoms with Gasteiger partial charge in [0.25, 0.3) is 0 Å². The third-order valence-corrected chi connectivity index (χ3v) is 3.21. The summed E-state index contributed by atoms with van der Waals surface area (Å²) >= 11 is 0. The fourth-order valence-electron chi connectivity index (χ4n) is 2.06. The van der Waals surface area contributed by atoms with Crippen molar-refractivity contribution in [1.29, 1.82) is 0 Å². The first-order chi connectivity index (χ1) is 6.18. The molecule has 0 radical (unpaired) electrons. The highest BCUT2D eigenvalue weighted by atomic mass is 16.3. The average molecular weight is 184 g/mol.